The Morgan fingerprint density at radius 1 is 1.32 bits per heavy atom. The molecule has 1 unspecified atom stereocenters. The molecule has 104 valence electrons. The van der Waals surface area contributed by atoms with E-state index in [-0.39, 0.29) is 17.5 Å². The summed E-state index contributed by atoms with van der Waals surface area (Å²) in [6.07, 6.45) is 0. The van der Waals surface area contributed by atoms with Crippen LogP contribution in [0.15, 0.2) is 12.1 Å². The van der Waals surface area contributed by atoms with Gasteiger partial charge < -0.3 is 16.4 Å². The van der Waals surface area contributed by atoms with E-state index in [1.165, 1.54) is 0 Å². The summed E-state index contributed by atoms with van der Waals surface area (Å²) in [5.41, 5.74) is 5.52. The summed E-state index contributed by atoms with van der Waals surface area (Å²) in [5.74, 6) is -0.297. The minimum absolute atomic E-state index is 0.0300. The summed E-state index contributed by atoms with van der Waals surface area (Å²) in [5, 5.41) is 13.2. The van der Waals surface area contributed by atoms with Crippen LogP contribution in [0.3, 0.4) is 0 Å². The van der Waals surface area contributed by atoms with Crippen LogP contribution in [-0.2, 0) is 4.79 Å². The standard InChI is InChI=1S/C12H19N5O2/c1-4-14-12(19)8-5-6-9(17-16-8)15-10(7(2)3)11(13)18/h5-7,10H,4H2,1-3H3,(H2,13,18)(H,14,19)(H,15,17). The van der Waals surface area contributed by atoms with Crippen LogP contribution in [-0.4, -0.2) is 34.6 Å². The second-order valence-electron chi connectivity index (χ2n) is 4.43. The highest BCUT2D eigenvalue weighted by Gasteiger charge is 2.19. The summed E-state index contributed by atoms with van der Waals surface area (Å²) < 4.78 is 0. The molecule has 0 radical (unpaired) electrons. The number of carbonyl (C=O) groups excluding carboxylic acids is 2. The number of hydrogen-bond acceptors (Lipinski definition) is 5. The lowest BCUT2D eigenvalue weighted by molar-refractivity contribution is -0.119. The topological polar surface area (TPSA) is 110 Å². The number of aromatic nitrogens is 2. The average molecular weight is 265 g/mol. The number of amides is 2. The molecule has 0 fully saturated rings. The Kier molecular flexibility index (Phi) is 5.23. The van der Waals surface area contributed by atoms with Crippen molar-refractivity contribution in [2.45, 2.75) is 26.8 Å². The molecule has 1 heterocycles. The lowest BCUT2D eigenvalue weighted by Gasteiger charge is -2.19. The van der Waals surface area contributed by atoms with E-state index >= 15 is 0 Å². The van der Waals surface area contributed by atoms with Gasteiger partial charge in [0.1, 0.15) is 11.9 Å². The van der Waals surface area contributed by atoms with Crippen LogP contribution in [0.4, 0.5) is 5.82 Å². The summed E-state index contributed by atoms with van der Waals surface area (Å²) in [7, 11) is 0. The molecule has 0 saturated carbocycles. The predicted molar refractivity (Wildman–Crippen MR) is 71.5 cm³/mol. The molecule has 19 heavy (non-hydrogen) atoms. The van der Waals surface area contributed by atoms with Crippen molar-refractivity contribution >= 4 is 17.6 Å². The molecule has 0 bridgehead atoms. The van der Waals surface area contributed by atoms with Gasteiger partial charge in [-0.15, -0.1) is 10.2 Å². The molecule has 1 aromatic heterocycles. The Balaban J connectivity index is 2.76. The molecule has 1 aromatic rings. The zero-order valence-corrected chi connectivity index (χ0v) is 11.3. The van der Waals surface area contributed by atoms with Crippen molar-refractivity contribution < 1.29 is 9.59 Å². The number of anilines is 1. The van der Waals surface area contributed by atoms with Gasteiger partial charge >= 0.3 is 0 Å². The van der Waals surface area contributed by atoms with Gasteiger partial charge in [0.2, 0.25) is 5.91 Å². The Morgan fingerprint density at radius 3 is 2.42 bits per heavy atom. The highest BCUT2D eigenvalue weighted by molar-refractivity contribution is 5.92. The zero-order valence-electron chi connectivity index (χ0n) is 11.3. The molecule has 1 rings (SSSR count). The van der Waals surface area contributed by atoms with Crippen molar-refractivity contribution in [3.05, 3.63) is 17.8 Å². The Bertz CT molecular complexity index is 444. The van der Waals surface area contributed by atoms with E-state index in [0.717, 1.165) is 0 Å². The maximum Gasteiger partial charge on any atom is 0.271 e. The number of hydrogen-bond donors (Lipinski definition) is 3. The van der Waals surface area contributed by atoms with Crippen molar-refractivity contribution in [2.75, 3.05) is 11.9 Å². The van der Waals surface area contributed by atoms with Crippen molar-refractivity contribution in [1.82, 2.24) is 15.5 Å². The maximum absolute atomic E-state index is 11.5. The molecule has 4 N–H and O–H groups in total. The molecular formula is C12H19N5O2. The zero-order chi connectivity index (χ0) is 14.4. The Hall–Kier alpha value is -2.18. The number of carbonyl (C=O) groups is 2. The Labute approximate surface area is 112 Å². The van der Waals surface area contributed by atoms with Gasteiger partial charge in [-0.25, -0.2) is 0 Å². The van der Waals surface area contributed by atoms with Gasteiger partial charge in [-0.3, -0.25) is 9.59 Å². The van der Waals surface area contributed by atoms with Crippen LogP contribution in [0.25, 0.3) is 0 Å². The van der Waals surface area contributed by atoms with Crippen LogP contribution in [0, 0.1) is 5.92 Å². The molecule has 0 aliphatic rings. The van der Waals surface area contributed by atoms with Gasteiger partial charge in [-0.1, -0.05) is 13.8 Å². The van der Waals surface area contributed by atoms with Crippen LogP contribution in [0.1, 0.15) is 31.3 Å². The minimum atomic E-state index is -0.524. The molecule has 7 heteroatoms. The number of nitrogens with one attached hydrogen (secondary N) is 2. The first-order valence-corrected chi connectivity index (χ1v) is 6.13. The van der Waals surface area contributed by atoms with Crippen molar-refractivity contribution in [2.24, 2.45) is 11.7 Å². The second-order valence-corrected chi connectivity index (χ2v) is 4.43. The molecule has 0 spiro atoms. The summed E-state index contributed by atoms with van der Waals surface area (Å²) in [4.78, 5) is 22.7. The third-order valence-corrected chi connectivity index (χ3v) is 2.51. The van der Waals surface area contributed by atoms with Gasteiger partial charge in [-0.2, -0.15) is 0 Å². The minimum Gasteiger partial charge on any atom is -0.368 e. The second kappa shape index (κ2) is 6.67. The highest BCUT2D eigenvalue weighted by atomic mass is 16.2. The average Bonchev–Trinajstić information content (AvgIpc) is 2.36. The van der Waals surface area contributed by atoms with Gasteiger partial charge in [0.15, 0.2) is 5.69 Å². The molecule has 0 aromatic carbocycles. The van der Waals surface area contributed by atoms with Crippen LogP contribution in [0.2, 0.25) is 0 Å². The van der Waals surface area contributed by atoms with Crippen LogP contribution < -0.4 is 16.4 Å². The molecular weight excluding hydrogens is 246 g/mol. The lowest BCUT2D eigenvalue weighted by atomic mass is 10.0. The smallest absolute Gasteiger partial charge is 0.271 e. The Morgan fingerprint density at radius 2 is 2.00 bits per heavy atom. The van der Waals surface area contributed by atoms with E-state index in [1.807, 2.05) is 20.8 Å². The van der Waals surface area contributed by atoms with Gasteiger partial charge in [0, 0.05) is 6.54 Å². The first-order valence-electron chi connectivity index (χ1n) is 6.13. The number of nitrogens with two attached hydrogens (primary N) is 1. The van der Waals surface area contributed by atoms with Crippen LogP contribution in [0.5, 0.6) is 0 Å². The molecule has 1 atom stereocenters. The normalized spacial score (nSPS) is 12.0. The van der Waals surface area contributed by atoms with E-state index in [2.05, 4.69) is 20.8 Å². The summed E-state index contributed by atoms with van der Waals surface area (Å²) in [6, 6.07) is 2.61. The number of nitrogens with zero attached hydrogens (tertiary/aromatic N) is 2. The van der Waals surface area contributed by atoms with Crippen molar-refractivity contribution in [3.8, 4) is 0 Å². The third kappa shape index (κ3) is 4.20. The highest BCUT2D eigenvalue weighted by Crippen LogP contribution is 2.09. The van der Waals surface area contributed by atoms with E-state index in [1.54, 1.807) is 12.1 Å². The largest absolute Gasteiger partial charge is 0.368 e. The number of primary amides is 1. The molecule has 0 saturated heterocycles. The molecule has 2 amide bonds. The van der Waals surface area contributed by atoms with Gasteiger partial charge in [0.05, 0.1) is 0 Å². The van der Waals surface area contributed by atoms with E-state index < -0.39 is 11.9 Å². The SMILES string of the molecule is CCNC(=O)c1ccc(NC(C(N)=O)C(C)C)nn1. The van der Waals surface area contributed by atoms with Crippen molar-refractivity contribution in [1.29, 1.82) is 0 Å². The summed E-state index contributed by atoms with van der Waals surface area (Å²) in [6.45, 7) is 6.09. The first-order chi connectivity index (χ1) is 8.95. The molecule has 0 aliphatic carbocycles. The van der Waals surface area contributed by atoms with Crippen LogP contribution >= 0.6 is 0 Å². The monoisotopic (exact) mass is 265 g/mol. The maximum atomic E-state index is 11.5. The first kappa shape index (κ1) is 14.9. The fraction of sp³-hybridized carbons (Fsp3) is 0.500. The molecule has 0 aliphatic heterocycles. The fourth-order valence-corrected chi connectivity index (χ4v) is 1.51. The van der Waals surface area contributed by atoms with Gasteiger partial charge in [-0.05, 0) is 25.0 Å². The molecule has 7 nitrogen and oxygen atoms in total. The van der Waals surface area contributed by atoms with Gasteiger partial charge in [0.25, 0.3) is 5.91 Å². The van der Waals surface area contributed by atoms with E-state index in [9.17, 15) is 9.59 Å². The summed E-state index contributed by atoms with van der Waals surface area (Å²) >= 11 is 0. The number of rotatable bonds is 6. The third-order valence-electron chi connectivity index (χ3n) is 2.51. The van der Waals surface area contributed by atoms with E-state index in [0.29, 0.717) is 12.4 Å². The van der Waals surface area contributed by atoms with Crippen molar-refractivity contribution in [3.63, 3.8) is 0 Å². The lowest BCUT2D eigenvalue weighted by Crippen LogP contribution is -2.39. The quantitative estimate of drug-likeness (QED) is 0.678. The predicted octanol–water partition coefficient (Wildman–Crippen LogP) is 0.148. The fourth-order valence-electron chi connectivity index (χ4n) is 1.51. The van der Waals surface area contributed by atoms with E-state index in [4.69, 9.17) is 5.73 Å².